The molecule has 2 aromatic heterocycles. The summed E-state index contributed by atoms with van der Waals surface area (Å²) in [5.74, 6) is -1.58. The highest BCUT2D eigenvalue weighted by Crippen LogP contribution is 2.24. The van der Waals surface area contributed by atoms with E-state index < -0.39 is 17.4 Å². The van der Waals surface area contributed by atoms with Crippen LogP contribution in [0.5, 0.6) is 0 Å². The van der Waals surface area contributed by atoms with E-state index in [1.807, 2.05) is 5.38 Å². The molecule has 0 saturated heterocycles. The maximum Gasteiger partial charge on any atom is 0.314 e. The lowest BCUT2D eigenvalue weighted by atomic mass is 10.1. The van der Waals surface area contributed by atoms with Crippen LogP contribution in [0.25, 0.3) is 0 Å². The van der Waals surface area contributed by atoms with E-state index in [9.17, 15) is 14.7 Å². The number of anilines is 1. The Balaban J connectivity index is 1.87. The van der Waals surface area contributed by atoms with Gasteiger partial charge in [0.2, 0.25) is 0 Å². The number of hydrogen-bond donors (Lipinski definition) is 3. The summed E-state index contributed by atoms with van der Waals surface area (Å²) in [5, 5.41) is 20.1. The van der Waals surface area contributed by atoms with Crippen molar-refractivity contribution in [3.05, 3.63) is 34.7 Å². The van der Waals surface area contributed by atoms with E-state index in [4.69, 9.17) is 0 Å². The Morgan fingerprint density at radius 1 is 1.45 bits per heavy atom. The van der Waals surface area contributed by atoms with Crippen molar-refractivity contribution in [2.24, 2.45) is 0 Å². The predicted molar refractivity (Wildman–Crippen MR) is 72.0 cm³/mol. The molecule has 2 rings (SSSR count). The largest absolute Gasteiger partial charge is 0.383 e. The Hall–Kier alpha value is -2.19. The van der Waals surface area contributed by atoms with Crippen LogP contribution < -0.4 is 10.6 Å². The zero-order valence-corrected chi connectivity index (χ0v) is 11.4. The van der Waals surface area contributed by atoms with Crippen LogP contribution in [0.4, 0.5) is 5.82 Å². The smallest absolute Gasteiger partial charge is 0.314 e. The van der Waals surface area contributed by atoms with Crippen molar-refractivity contribution in [3.8, 4) is 0 Å². The summed E-state index contributed by atoms with van der Waals surface area (Å²) in [4.78, 5) is 23.8. The first-order chi connectivity index (χ1) is 9.49. The number of thiophene rings is 1. The molecule has 0 aliphatic heterocycles. The van der Waals surface area contributed by atoms with E-state index in [1.54, 1.807) is 19.1 Å². The van der Waals surface area contributed by atoms with Gasteiger partial charge < -0.3 is 14.9 Å². The summed E-state index contributed by atoms with van der Waals surface area (Å²) in [6.45, 7) is 1.49. The number of aromatic nitrogens is 1. The van der Waals surface area contributed by atoms with Gasteiger partial charge in [-0.15, -0.1) is 11.3 Å². The lowest BCUT2D eigenvalue weighted by Crippen LogP contribution is -2.43. The minimum atomic E-state index is -1.22. The molecule has 2 amide bonds. The average Bonchev–Trinajstić information content (AvgIpc) is 3.08. The summed E-state index contributed by atoms with van der Waals surface area (Å²) in [7, 11) is 0. The Bertz CT molecular complexity index is 578. The molecule has 0 spiro atoms. The lowest BCUT2D eigenvalue weighted by molar-refractivity contribution is -0.136. The van der Waals surface area contributed by atoms with E-state index in [0.29, 0.717) is 4.88 Å². The summed E-state index contributed by atoms with van der Waals surface area (Å²) in [6.07, 6.45) is 1.27. The monoisotopic (exact) mass is 295 g/mol. The van der Waals surface area contributed by atoms with Crippen LogP contribution in [0.2, 0.25) is 0 Å². The van der Waals surface area contributed by atoms with Gasteiger partial charge in [-0.05, 0) is 18.4 Å². The maximum atomic E-state index is 11.6. The van der Waals surface area contributed by atoms with Gasteiger partial charge in [-0.1, -0.05) is 11.2 Å². The lowest BCUT2D eigenvalue weighted by Gasteiger charge is -2.21. The number of amides is 2. The molecule has 0 fully saturated rings. The van der Waals surface area contributed by atoms with E-state index >= 15 is 0 Å². The average molecular weight is 295 g/mol. The molecule has 3 N–H and O–H groups in total. The zero-order chi connectivity index (χ0) is 14.6. The molecule has 1 unspecified atom stereocenters. The molecule has 0 aliphatic carbocycles. The number of nitrogens with zero attached hydrogens (tertiary/aromatic N) is 1. The van der Waals surface area contributed by atoms with E-state index in [-0.39, 0.29) is 12.4 Å². The van der Waals surface area contributed by atoms with Crippen LogP contribution in [-0.2, 0) is 15.2 Å². The first-order valence-electron chi connectivity index (χ1n) is 5.75. The zero-order valence-electron chi connectivity index (χ0n) is 10.6. The summed E-state index contributed by atoms with van der Waals surface area (Å²) < 4.78 is 4.52. The minimum Gasteiger partial charge on any atom is -0.383 e. The van der Waals surface area contributed by atoms with Crippen LogP contribution in [0.1, 0.15) is 11.8 Å². The third kappa shape index (κ3) is 3.43. The molecule has 0 aliphatic rings. The summed E-state index contributed by atoms with van der Waals surface area (Å²) >= 11 is 1.37. The highest BCUT2D eigenvalue weighted by atomic mass is 32.1. The topological polar surface area (TPSA) is 104 Å². The molecule has 0 saturated carbocycles. The van der Waals surface area contributed by atoms with Crippen LogP contribution >= 0.6 is 11.3 Å². The summed E-state index contributed by atoms with van der Waals surface area (Å²) in [5.41, 5.74) is -1.22. The fourth-order valence-corrected chi connectivity index (χ4v) is 2.24. The van der Waals surface area contributed by atoms with Gasteiger partial charge >= 0.3 is 11.8 Å². The second kappa shape index (κ2) is 5.85. The molecule has 20 heavy (non-hydrogen) atoms. The molecule has 0 radical (unpaired) electrons. The highest BCUT2D eigenvalue weighted by molar-refractivity contribution is 7.10. The van der Waals surface area contributed by atoms with Gasteiger partial charge in [-0.2, -0.15) is 0 Å². The number of nitrogens with one attached hydrogen (secondary N) is 2. The third-order valence-corrected chi connectivity index (χ3v) is 3.65. The normalized spacial score (nSPS) is 13.5. The van der Waals surface area contributed by atoms with Gasteiger partial charge in [-0.3, -0.25) is 14.9 Å². The molecule has 2 aromatic rings. The first-order valence-corrected chi connectivity index (χ1v) is 6.63. The second-order valence-electron chi connectivity index (χ2n) is 4.27. The van der Waals surface area contributed by atoms with Crippen LogP contribution in [0.15, 0.2) is 34.4 Å². The third-order valence-electron chi connectivity index (χ3n) is 2.53. The van der Waals surface area contributed by atoms with Crippen LogP contribution in [0.3, 0.4) is 0 Å². The fraction of sp³-hybridized carbons (Fsp3) is 0.250. The van der Waals surface area contributed by atoms with Crippen molar-refractivity contribution < 1.29 is 19.2 Å². The number of carbonyl (C=O) groups excluding carboxylic acids is 2. The van der Waals surface area contributed by atoms with Gasteiger partial charge in [0.15, 0.2) is 5.82 Å². The van der Waals surface area contributed by atoms with E-state index in [1.165, 1.54) is 23.7 Å². The molecule has 8 heteroatoms. The highest BCUT2D eigenvalue weighted by Gasteiger charge is 2.26. The SMILES string of the molecule is CC(O)(CNC(=O)C(=O)Nc1ccon1)c1cccs1. The molecule has 0 aromatic carbocycles. The van der Waals surface area contributed by atoms with Gasteiger partial charge in [0.1, 0.15) is 11.9 Å². The minimum absolute atomic E-state index is 0.0709. The van der Waals surface area contributed by atoms with Crippen molar-refractivity contribution in [1.82, 2.24) is 10.5 Å². The fourth-order valence-electron chi connectivity index (χ4n) is 1.45. The number of hydrogen-bond acceptors (Lipinski definition) is 6. The van der Waals surface area contributed by atoms with Gasteiger partial charge in [-0.25, -0.2) is 0 Å². The van der Waals surface area contributed by atoms with Crippen molar-refractivity contribution >= 4 is 29.0 Å². The molecule has 2 heterocycles. The molecule has 1 atom stereocenters. The van der Waals surface area contributed by atoms with Crippen molar-refractivity contribution in [1.29, 1.82) is 0 Å². The molecule has 106 valence electrons. The maximum absolute atomic E-state index is 11.6. The standard InChI is InChI=1S/C12H13N3O4S/c1-12(18,8-3-2-6-20-8)7-13-10(16)11(17)14-9-4-5-19-15-9/h2-6,18H,7H2,1H3,(H,13,16)(H,14,15,17). The molecule has 0 bridgehead atoms. The second-order valence-corrected chi connectivity index (χ2v) is 5.22. The summed E-state index contributed by atoms with van der Waals surface area (Å²) in [6, 6.07) is 4.97. The van der Waals surface area contributed by atoms with Crippen molar-refractivity contribution in [2.45, 2.75) is 12.5 Å². The molecular weight excluding hydrogens is 282 g/mol. The quantitative estimate of drug-likeness (QED) is 0.720. The number of carbonyl (C=O) groups is 2. The number of aliphatic hydroxyl groups is 1. The molecular formula is C12H13N3O4S. The van der Waals surface area contributed by atoms with E-state index in [2.05, 4.69) is 20.3 Å². The Morgan fingerprint density at radius 3 is 2.85 bits per heavy atom. The first kappa shape index (κ1) is 14.2. The van der Waals surface area contributed by atoms with Gasteiger partial charge in [0, 0.05) is 10.9 Å². The van der Waals surface area contributed by atoms with Crippen molar-refractivity contribution in [2.75, 3.05) is 11.9 Å². The number of rotatable bonds is 4. The Morgan fingerprint density at radius 2 is 2.25 bits per heavy atom. The van der Waals surface area contributed by atoms with Gasteiger partial charge in [0.05, 0.1) is 6.54 Å². The molecule has 7 nitrogen and oxygen atoms in total. The van der Waals surface area contributed by atoms with Crippen LogP contribution in [-0.4, -0.2) is 28.6 Å². The Labute approximate surface area is 118 Å². The Kier molecular flexibility index (Phi) is 4.16. The van der Waals surface area contributed by atoms with Crippen LogP contribution in [0, 0.1) is 0 Å². The van der Waals surface area contributed by atoms with E-state index in [0.717, 1.165) is 0 Å². The predicted octanol–water partition coefficient (Wildman–Crippen LogP) is 0.698. The van der Waals surface area contributed by atoms with Gasteiger partial charge in [0.25, 0.3) is 0 Å². The van der Waals surface area contributed by atoms with Crippen molar-refractivity contribution in [3.63, 3.8) is 0 Å².